The molecule has 2 aliphatic rings. The smallest absolute Gasteiger partial charge is 0.194 e. The quantitative estimate of drug-likeness (QED) is 0.295. The molecular weight excluding hydrogens is 412 g/mol. The fraction of sp³-hybridized carbons (Fsp3) is 0.500. The van der Waals surface area contributed by atoms with Crippen LogP contribution in [0.1, 0.15) is 82.3 Å². The first-order valence-corrected chi connectivity index (χ1v) is 12.1. The second kappa shape index (κ2) is 10.2. The molecule has 0 radical (unpaired) electrons. The number of benzene rings is 2. The van der Waals surface area contributed by atoms with Crippen LogP contribution in [0.15, 0.2) is 29.8 Å². The van der Waals surface area contributed by atoms with Gasteiger partial charge in [0.1, 0.15) is 5.82 Å². The van der Waals surface area contributed by atoms with Gasteiger partial charge in [0.15, 0.2) is 17.5 Å². The molecule has 0 spiro atoms. The van der Waals surface area contributed by atoms with Crippen LogP contribution in [0, 0.1) is 35.1 Å². The van der Waals surface area contributed by atoms with E-state index in [4.69, 9.17) is 0 Å². The lowest BCUT2D eigenvalue weighted by atomic mass is 9.77. The average molecular weight is 445 g/mol. The summed E-state index contributed by atoms with van der Waals surface area (Å²) in [5.74, 6) is -2.88. The van der Waals surface area contributed by atoms with Gasteiger partial charge in [-0.05, 0) is 66.3 Å². The molecule has 0 atom stereocenters. The van der Waals surface area contributed by atoms with Crippen LogP contribution >= 0.6 is 0 Å². The largest absolute Gasteiger partial charge is 0.206 e. The summed E-state index contributed by atoms with van der Waals surface area (Å²) in [6.45, 7) is 2.26. The number of unbranched alkanes of at least 4 members (excludes halogenated alkanes) is 1. The summed E-state index contributed by atoms with van der Waals surface area (Å²) < 4.78 is 55.7. The Bertz CT molecular complexity index is 960. The number of hydrogen-bond donors (Lipinski definition) is 0. The molecule has 2 aromatic carbocycles. The van der Waals surface area contributed by atoms with Crippen molar-refractivity contribution >= 4 is 6.08 Å². The lowest BCUT2D eigenvalue weighted by molar-refractivity contribution is 0.249. The van der Waals surface area contributed by atoms with Crippen molar-refractivity contribution in [3.63, 3.8) is 0 Å². The SMILES string of the molecule is CCCCC1CCC(CCC2=Cc3ccc(-c4cc(F)c(F)c(F)c4)c(F)c3CC2)CC1. The van der Waals surface area contributed by atoms with Gasteiger partial charge in [-0.15, -0.1) is 0 Å². The Labute approximate surface area is 188 Å². The van der Waals surface area contributed by atoms with Crippen LogP contribution in [-0.4, -0.2) is 0 Å². The average Bonchev–Trinajstić information content (AvgIpc) is 2.80. The van der Waals surface area contributed by atoms with E-state index in [9.17, 15) is 13.2 Å². The van der Waals surface area contributed by atoms with Crippen molar-refractivity contribution in [1.82, 2.24) is 0 Å². The van der Waals surface area contributed by atoms with E-state index in [0.717, 1.165) is 42.4 Å². The normalized spacial score (nSPS) is 20.7. The lowest BCUT2D eigenvalue weighted by Gasteiger charge is -2.29. The minimum atomic E-state index is -1.53. The molecule has 2 aliphatic carbocycles. The lowest BCUT2D eigenvalue weighted by Crippen LogP contribution is -2.15. The van der Waals surface area contributed by atoms with Gasteiger partial charge < -0.3 is 0 Å². The van der Waals surface area contributed by atoms with E-state index in [1.165, 1.54) is 63.0 Å². The molecule has 32 heavy (non-hydrogen) atoms. The standard InChI is InChI=1S/C28H32F4/c1-2-3-4-18-5-7-19(8-6-18)9-10-20-11-13-23-21(15-20)12-14-24(27(23)31)22-16-25(29)28(32)26(30)17-22/h12,14-19H,2-11,13H2,1H3. The molecule has 0 N–H and O–H groups in total. The highest BCUT2D eigenvalue weighted by Crippen LogP contribution is 2.38. The Morgan fingerprint density at radius 2 is 1.47 bits per heavy atom. The van der Waals surface area contributed by atoms with Crippen molar-refractivity contribution in [3.05, 3.63) is 64.2 Å². The minimum absolute atomic E-state index is 0.0195. The maximum Gasteiger partial charge on any atom is 0.194 e. The summed E-state index contributed by atoms with van der Waals surface area (Å²) >= 11 is 0. The van der Waals surface area contributed by atoms with E-state index in [0.29, 0.717) is 12.0 Å². The molecule has 0 bridgehead atoms. The summed E-state index contributed by atoms with van der Waals surface area (Å²) in [5.41, 5.74) is 2.91. The van der Waals surface area contributed by atoms with Crippen molar-refractivity contribution in [2.24, 2.45) is 11.8 Å². The van der Waals surface area contributed by atoms with E-state index >= 15 is 4.39 Å². The van der Waals surface area contributed by atoms with E-state index in [1.807, 2.05) is 6.07 Å². The van der Waals surface area contributed by atoms with E-state index in [-0.39, 0.29) is 11.1 Å². The molecule has 0 unspecified atom stereocenters. The molecule has 4 rings (SSSR count). The molecule has 1 saturated carbocycles. The zero-order valence-electron chi connectivity index (χ0n) is 18.8. The minimum Gasteiger partial charge on any atom is -0.206 e. The maximum absolute atomic E-state index is 15.2. The maximum atomic E-state index is 15.2. The molecule has 172 valence electrons. The van der Waals surface area contributed by atoms with Gasteiger partial charge in [-0.1, -0.05) is 75.7 Å². The fourth-order valence-electron chi connectivity index (χ4n) is 5.43. The van der Waals surface area contributed by atoms with Crippen LogP contribution in [0.4, 0.5) is 17.6 Å². The molecule has 0 amide bonds. The molecule has 0 aliphatic heterocycles. The molecule has 2 aromatic rings. The Balaban J connectivity index is 1.41. The van der Waals surface area contributed by atoms with Crippen LogP contribution in [0.5, 0.6) is 0 Å². The van der Waals surface area contributed by atoms with Crippen LogP contribution in [0.25, 0.3) is 17.2 Å². The van der Waals surface area contributed by atoms with Gasteiger partial charge in [0.2, 0.25) is 0 Å². The summed E-state index contributed by atoms with van der Waals surface area (Å²) in [4.78, 5) is 0. The van der Waals surface area contributed by atoms with Crippen molar-refractivity contribution < 1.29 is 17.6 Å². The topological polar surface area (TPSA) is 0 Å². The van der Waals surface area contributed by atoms with E-state index in [2.05, 4.69) is 13.0 Å². The Morgan fingerprint density at radius 3 is 2.12 bits per heavy atom. The number of fused-ring (bicyclic) bond motifs is 1. The first kappa shape index (κ1) is 23.1. The summed E-state index contributed by atoms with van der Waals surface area (Å²) in [5, 5.41) is 0. The third-order valence-electron chi connectivity index (χ3n) is 7.44. The van der Waals surface area contributed by atoms with E-state index < -0.39 is 23.3 Å². The molecule has 0 heterocycles. The second-order valence-electron chi connectivity index (χ2n) is 9.62. The van der Waals surface area contributed by atoms with Crippen LogP contribution < -0.4 is 0 Å². The van der Waals surface area contributed by atoms with Crippen molar-refractivity contribution in [3.8, 4) is 11.1 Å². The van der Waals surface area contributed by atoms with Crippen molar-refractivity contribution in [1.29, 1.82) is 0 Å². The molecule has 4 heteroatoms. The highest BCUT2D eigenvalue weighted by molar-refractivity contribution is 5.70. The zero-order chi connectivity index (χ0) is 22.7. The molecule has 1 fully saturated rings. The summed E-state index contributed by atoms with van der Waals surface area (Å²) in [7, 11) is 0. The van der Waals surface area contributed by atoms with Gasteiger partial charge in [-0.2, -0.15) is 0 Å². The molecule has 0 aromatic heterocycles. The number of hydrogen-bond acceptors (Lipinski definition) is 0. The Morgan fingerprint density at radius 1 is 0.812 bits per heavy atom. The highest BCUT2D eigenvalue weighted by atomic mass is 19.2. The van der Waals surface area contributed by atoms with Gasteiger partial charge in [-0.25, -0.2) is 17.6 Å². The fourth-order valence-corrected chi connectivity index (χ4v) is 5.43. The monoisotopic (exact) mass is 444 g/mol. The van der Waals surface area contributed by atoms with Gasteiger partial charge in [-0.3, -0.25) is 0 Å². The Hall–Kier alpha value is -2.10. The van der Waals surface area contributed by atoms with Crippen LogP contribution in [0.3, 0.4) is 0 Å². The van der Waals surface area contributed by atoms with Gasteiger partial charge in [0.05, 0.1) is 0 Å². The van der Waals surface area contributed by atoms with Gasteiger partial charge in [0, 0.05) is 5.56 Å². The molecule has 0 nitrogen and oxygen atoms in total. The van der Waals surface area contributed by atoms with Gasteiger partial charge in [0.25, 0.3) is 0 Å². The van der Waals surface area contributed by atoms with Crippen molar-refractivity contribution in [2.75, 3.05) is 0 Å². The number of halogens is 4. The highest BCUT2D eigenvalue weighted by Gasteiger charge is 2.23. The molecule has 0 saturated heterocycles. The summed E-state index contributed by atoms with van der Waals surface area (Å²) in [6.07, 6.45) is 15.2. The predicted molar refractivity (Wildman–Crippen MR) is 122 cm³/mol. The third-order valence-corrected chi connectivity index (χ3v) is 7.44. The number of rotatable bonds is 7. The van der Waals surface area contributed by atoms with Crippen LogP contribution in [-0.2, 0) is 6.42 Å². The first-order chi connectivity index (χ1) is 15.5. The molecular formula is C28H32F4. The predicted octanol–water partition coefficient (Wildman–Crippen LogP) is 9.02. The zero-order valence-corrected chi connectivity index (χ0v) is 18.8. The first-order valence-electron chi connectivity index (χ1n) is 12.1. The van der Waals surface area contributed by atoms with Crippen molar-refractivity contribution in [2.45, 2.75) is 77.6 Å². The summed E-state index contributed by atoms with van der Waals surface area (Å²) in [6, 6.07) is 5.05. The third kappa shape index (κ3) is 5.10. The second-order valence-corrected chi connectivity index (χ2v) is 9.62. The Kier molecular flexibility index (Phi) is 7.37. The number of allylic oxidation sites excluding steroid dienone is 1. The van der Waals surface area contributed by atoms with Gasteiger partial charge >= 0.3 is 0 Å². The van der Waals surface area contributed by atoms with Crippen LogP contribution in [0.2, 0.25) is 0 Å². The van der Waals surface area contributed by atoms with E-state index in [1.54, 1.807) is 0 Å².